The Morgan fingerprint density at radius 2 is 1.50 bits per heavy atom. The van der Waals surface area contributed by atoms with E-state index in [4.69, 9.17) is 21.3 Å². The maximum absolute atomic E-state index is 11.8. The van der Waals surface area contributed by atoms with Crippen LogP contribution in [-0.4, -0.2) is 24.3 Å². The zero-order chi connectivity index (χ0) is 14.8. The second-order valence-electron chi connectivity index (χ2n) is 4.87. The number of rotatable bonds is 9. The normalized spacial score (nSPS) is 10.4. The number of benzene rings is 1. The summed E-state index contributed by atoms with van der Waals surface area (Å²) in [6.45, 7) is 0.675. The van der Waals surface area contributed by atoms with Crippen LogP contribution in [0, 0.1) is 0 Å². The van der Waals surface area contributed by atoms with E-state index >= 15 is 0 Å². The fraction of sp³-hybridized carbons (Fsp3) is 0.533. The smallest absolute Gasteiger partial charge is 0.338 e. The first-order chi connectivity index (χ1) is 9.63. The van der Waals surface area contributed by atoms with E-state index in [1.54, 1.807) is 18.2 Å². The zero-order valence-electron chi connectivity index (χ0n) is 11.8. The van der Waals surface area contributed by atoms with Crippen molar-refractivity contribution in [3.63, 3.8) is 0 Å². The third-order valence-corrected chi connectivity index (χ3v) is 3.00. The maximum atomic E-state index is 11.8. The van der Waals surface area contributed by atoms with Crippen LogP contribution in [0.15, 0.2) is 18.2 Å². The number of carbonyl (C=O) groups is 1. The van der Waals surface area contributed by atoms with E-state index in [9.17, 15) is 4.79 Å². The van der Waals surface area contributed by atoms with Gasteiger partial charge in [-0.3, -0.25) is 0 Å². The van der Waals surface area contributed by atoms with Gasteiger partial charge < -0.3 is 21.3 Å². The lowest BCUT2D eigenvalue weighted by atomic mass is 10.1. The van der Waals surface area contributed by atoms with Crippen molar-refractivity contribution in [3.05, 3.63) is 23.8 Å². The molecule has 0 atom stereocenters. The number of carbonyl (C=O) groups excluding carboxylic acids is 1. The van der Waals surface area contributed by atoms with E-state index in [1.807, 2.05) is 0 Å². The molecule has 0 radical (unpaired) electrons. The maximum Gasteiger partial charge on any atom is 0.338 e. The van der Waals surface area contributed by atoms with Crippen LogP contribution in [0.25, 0.3) is 0 Å². The molecular weight excluding hydrogens is 256 g/mol. The highest BCUT2D eigenvalue weighted by molar-refractivity contribution is 5.91. The molecule has 0 aliphatic rings. The van der Waals surface area contributed by atoms with Crippen LogP contribution >= 0.6 is 0 Å². The van der Waals surface area contributed by atoms with Gasteiger partial charge in [0.05, 0.1) is 12.2 Å². The molecule has 5 nitrogen and oxygen atoms in total. The first-order valence-corrected chi connectivity index (χ1v) is 7.07. The lowest BCUT2D eigenvalue weighted by Gasteiger charge is -2.06. The van der Waals surface area contributed by atoms with E-state index < -0.39 is 0 Å². The van der Waals surface area contributed by atoms with Crippen LogP contribution in [-0.2, 0) is 4.74 Å². The van der Waals surface area contributed by atoms with Gasteiger partial charge in [-0.2, -0.15) is 0 Å². The molecule has 1 aromatic carbocycles. The number of aliphatic hydroxyl groups is 1. The lowest BCUT2D eigenvalue weighted by molar-refractivity contribution is 0.0497. The highest BCUT2D eigenvalue weighted by atomic mass is 16.5. The average Bonchev–Trinajstić information content (AvgIpc) is 2.40. The summed E-state index contributed by atoms with van der Waals surface area (Å²) in [6, 6.07) is 4.73. The summed E-state index contributed by atoms with van der Waals surface area (Å²) in [4.78, 5) is 11.8. The van der Waals surface area contributed by atoms with E-state index in [0.29, 0.717) is 23.5 Å². The molecule has 0 heterocycles. The quantitative estimate of drug-likeness (QED) is 0.366. The summed E-state index contributed by atoms with van der Waals surface area (Å²) in [6.07, 6.45) is 6.01. The largest absolute Gasteiger partial charge is 0.462 e. The summed E-state index contributed by atoms with van der Waals surface area (Å²) in [7, 11) is 0. The second-order valence-corrected chi connectivity index (χ2v) is 4.87. The van der Waals surface area contributed by atoms with Crippen LogP contribution in [0.3, 0.4) is 0 Å². The van der Waals surface area contributed by atoms with Gasteiger partial charge in [0, 0.05) is 18.0 Å². The summed E-state index contributed by atoms with van der Waals surface area (Å²) in [5.41, 5.74) is 12.6. The predicted octanol–water partition coefficient (Wildman–Crippen LogP) is 2.34. The first-order valence-electron chi connectivity index (χ1n) is 7.07. The molecule has 0 bridgehead atoms. The van der Waals surface area contributed by atoms with Crippen LogP contribution in [0.5, 0.6) is 0 Å². The van der Waals surface area contributed by atoms with Gasteiger partial charge in [0.1, 0.15) is 0 Å². The van der Waals surface area contributed by atoms with Crippen molar-refractivity contribution in [2.45, 2.75) is 38.5 Å². The van der Waals surface area contributed by atoms with E-state index in [0.717, 1.165) is 38.5 Å². The molecule has 0 aliphatic carbocycles. The summed E-state index contributed by atoms with van der Waals surface area (Å²) in [5.74, 6) is -0.385. The third-order valence-electron chi connectivity index (χ3n) is 3.00. The molecule has 0 amide bonds. The van der Waals surface area contributed by atoms with Crippen molar-refractivity contribution in [3.8, 4) is 0 Å². The van der Waals surface area contributed by atoms with Gasteiger partial charge in [0.2, 0.25) is 0 Å². The number of nitrogens with two attached hydrogens (primary N) is 2. The van der Waals surface area contributed by atoms with Crippen LogP contribution in [0.1, 0.15) is 48.9 Å². The Morgan fingerprint density at radius 3 is 2.10 bits per heavy atom. The van der Waals surface area contributed by atoms with Gasteiger partial charge in [-0.1, -0.05) is 25.7 Å². The van der Waals surface area contributed by atoms with Gasteiger partial charge in [0.15, 0.2) is 0 Å². The zero-order valence-corrected chi connectivity index (χ0v) is 11.8. The molecule has 0 aliphatic heterocycles. The minimum absolute atomic E-state index is 0.265. The Balaban J connectivity index is 2.17. The Bertz CT molecular complexity index is 401. The molecule has 1 aromatic rings. The number of esters is 1. The molecule has 0 saturated heterocycles. The number of nitrogen functional groups attached to an aromatic ring is 2. The van der Waals surface area contributed by atoms with Crippen molar-refractivity contribution < 1.29 is 14.6 Å². The number of anilines is 2. The fourth-order valence-electron chi connectivity index (χ4n) is 1.96. The summed E-state index contributed by atoms with van der Waals surface area (Å²) in [5, 5.41) is 8.64. The Morgan fingerprint density at radius 1 is 0.950 bits per heavy atom. The van der Waals surface area contributed by atoms with E-state index in [-0.39, 0.29) is 12.6 Å². The highest BCUT2D eigenvalue weighted by Crippen LogP contribution is 2.14. The number of aliphatic hydroxyl groups excluding tert-OH is 1. The topological polar surface area (TPSA) is 98.6 Å². The number of ether oxygens (including phenoxy) is 1. The van der Waals surface area contributed by atoms with Crippen molar-refractivity contribution in [2.24, 2.45) is 0 Å². The monoisotopic (exact) mass is 280 g/mol. The molecule has 0 saturated carbocycles. The minimum atomic E-state index is -0.385. The van der Waals surface area contributed by atoms with E-state index in [1.165, 1.54) is 0 Å². The molecule has 5 N–H and O–H groups in total. The Kier molecular flexibility index (Phi) is 7.50. The first kappa shape index (κ1) is 16.3. The van der Waals surface area contributed by atoms with Crippen molar-refractivity contribution in [1.29, 1.82) is 0 Å². The van der Waals surface area contributed by atoms with Crippen LogP contribution in [0.2, 0.25) is 0 Å². The van der Waals surface area contributed by atoms with Gasteiger partial charge >= 0.3 is 5.97 Å². The molecule has 0 fully saturated rings. The van der Waals surface area contributed by atoms with Crippen LogP contribution < -0.4 is 11.5 Å². The molecule has 1 rings (SSSR count). The Hall–Kier alpha value is -1.75. The molecular formula is C15H24N2O3. The van der Waals surface area contributed by atoms with E-state index in [2.05, 4.69) is 0 Å². The molecule has 0 unspecified atom stereocenters. The second kappa shape index (κ2) is 9.20. The van der Waals surface area contributed by atoms with Gasteiger partial charge in [-0.05, 0) is 31.0 Å². The SMILES string of the molecule is Nc1cc(N)cc(C(=O)OCCCCCCCCO)c1. The molecule has 20 heavy (non-hydrogen) atoms. The minimum Gasteiger partial charge on any atom is -0.462 e. The van der Waals surface area contributed by atoms with Crippen molar-refractivity contribution in [1.82, 2.24) is 0 Å². The summed E-state index contributed by atoms with van der Waals surface area (Å²) >= 11 is 0. The molecule has 0 aromatic heterocycles. The number of unbranched alkanes of at least 4 members (excludes halogenated alkanes) is 5. The predicted molar refractivity (Wildman–Crippen MR) is 80.3 cm³/mol. The van der Waals surface area contributed by atoms with Crippen molar-refractivity contribution >= 4 is 17.3 Å². The number of hydrogen-bond acceptors (Lipinski definition) is 5. The van der Waals surface area contributed by atoms with Gasteiger partial charge in [0.25, 0.3) is 0 Å². The van der Waals surface area contributed by atoms with Crippen molar-refractivity contribution in [2.75, 3.05) is 24.7 Å². The Labute approximate surface area is 119 Å². The van der Waals surface area contributed by atoms with Crippen LogP contribution in [0.4, 0.5) is 11.4 Å². The lowest BCUT2D eigenvalue weighted by Crippen LogP contribution is -2.07. The number of hydrogen-bond donors (Lipinski definition) is 3. The standard InChI is InChI=1S/C15H24N2O3/c16-13-9-12(10-14(17)11-13)15(19)20-8-6-4-2-1-3-5-7-18/h9-11,18H,1-8,16-17H2. The van der Waals surface area contributed by atoms with Gasteiger partial charge in [-0.15, -0.1) is 0 Å². The molecule has 5 heteroatoms. The molecule has 0 spiro atoms. The van der Waals surface area contributed by atoms with Gasteiger partial charge in [-0.25, -0.2) is 4.79 Å². The highest BCUT2D eigenvalue weighted by Gasteiger charge is 2.08. The molecule has 112 valence electrons. The average molecular weight is 280 g/mol. The summed E-state index contributed by atoms with van der Waals surface area (Å²) < 4.78 is 5.18. The fourth-order valence-corrected chi connectivity index (χ4v) is 1.96. The third kappa shape index (κ3) is 6.43.